The summed E-state index contributed by atoms with van der Waals surface area (Å²) in [6, 6.07) is 15.4. The first-order valence-electron chi connectivity index (χ1n) is 7.54. The Morgan fingerprint density at radius 3 is 2.71 bits per heavy atom. The average molecular weight is 301 g/mol. The van der Waals surface area contributed by atoms with E-state index in [4.69, 9.17) is 11.6 Å². The van der Waals surface area contributed by atoms with Crippen LogP contribution in [-0.4, -0.2) is 12.6 Å². The number of hydrogen-bond acceptors (Lipinski definition) is 2. The smallest absolute Gasteiger partial charge is 0.0406 e. The molecule has 1 aliphatic heterocycles. The molecule has 0 fully saturated rings. The molecule has 0 radical (unpaired) electrons. The number of rotatable bonds is 5. The molecule has 0 aromatic heterocycles. The Morgan fingerprint density at radius 1 is 1.14 bits per heavy atom. The van der Waals surface area contributed by atoms with Gasteiger partial charge in [0.25, 0.3) is 0 Å². The van der Waals surface area contributed by atoms with Crippen molar-refractivity contribution >= 4 is 17.3 Å². The maximum Gasteiger partial charge on any atom is 0.0406 e. The molecule has 1 atom stereocenters. The van der Waals surface area contributed by atoms with Crippen molar-refractivity contribution < 1.29 is 0 Å². The minimum absolute atomic E-state index is 0.568. The Hall–Kier alpha value is -1.51. The molecule has 1 heterocycles. The highest BCUT2D eigenvalue weighted by Crippen LogP contribution is 2.26. The topological polar surface area (TPSA) is 24.1 Å². The molecule has 0 amide bonds. The van der Waals surface area contributed by atoms with Crippen molar-refractivity contribution in [1.82, 2.24) is 5.32 Å². The van der Waals surface area contributed by atoms with Crippen molar-refractivity contribution in [2.45, 2.75) is 32.4 Å². The molecule has 2 N–H and O–H groups in total. The molecule has 3 rings (SSSR count). The van der Waals surface area contributed by atoms with Gasteiger partial charge in [0.2, 0.25) is 0 Å². The molecule has 2 aromatic rings. The van der Waals surface area contributed by atoms with E-state index >= 15 is 0 Å². The second kappa shape index (κ2) is 6.50. The number of nitrogens with one attached hydrogen (secondary N) is 2. The first-order chi connectivity index (χ1) is 10.2. The third kappa shape index (κ3) is 3.78. The van der Waals surface area contributed by atoms with Crippen LogP contribution in [0.3, 0.4) is 0 Å². The van der Waals surface area contributed by atoms with Crippen LogP contribution in [-0.2, 0) is 19.4 Å². The third-order valence-electron chi connectivity index (χ3n) is 3.93. The maximum atomic E-state index is 5.88. The first-order valence-corrected chi connectivity index (χ1v) is 7.92. The predicted molar refractivity (Wildman–Crippen MR) is 90.1 cm³/mol. The van der Waals surface area contributed by atoms with Gasteiger partial charge in [0.1, 0.15) is 0 Å². The van der Waals surface area contributed by atoms with Gasteiger partial charge in [-0.2, -0.15) is 0 Å². The second-order valence-electron chi connectivity index (χ2n) is 5.79. The number of hydrogen-bond donors (Lipinski definition) is 2. The van der Waals surface area contributed by atoms with Gasteiger partial charge < -0.3 is 10.6 Å². The maximum absolute atomic E-state index is 5.88. The van der Waals surface area contributed by atoms with Gasteiger partial charge >= 0.3 is 0 Å². The molecule has 3 heteroatoms. The fourth-order valence-corrected chi connectivity index (χ4v) is 2.95. The molecule has 1 unspecified atom stereocenters. The molecule has 0 aliphatic carbocycles. The minimum atomic E-state index is 0.568. The van der Waals surface area contributed by atoms with Crippen LogP contribution >= 0.6 is 11.6 Å². The number of benzene rings is 2. The Bertz CT molecular complexity index is 607. The highest BCUT2D eigenvalue weighted by molar-refractivity contribution is 6.30. The van der Waals surface area contributed by atoms with E-state index in [1.807, 2.05) is 12.1 Å². The van der Waals surface area contributed by atoms with E-state index in [2.05, 4.69) is 47.9 Å². The van der Waals surface area contributed by atoms with Crippen LogP contribution in [0.15, 0.2) is 42.5 Å². The molecule has 0 spiro atoms. The highest BCUT2D eigenvalue weighted by atomic mass is 35.5. The third-order valence-corrected chi connectivity index (χ3v) is 4.18. The summed E-state index contributed by atoms with van der Waals surface area (Å²) in [5, 5.41) is 7.77. The van der Waals surface area contributed by atoms with Gasteiger partial charge in [0, 0.05) is 23.3 Å². The fraction of sp³-hybridized carbons (Fsp3) is 0.333. The van der Waals surface area contributed by atoms with Crippen LogP contribution in [0, 0.1) is 0 Å². The number of fused-ring (bicyclic) bond motifs is 1. The molecule has 0 saturated carbocycles. The van der Waals surface area contributed by atoms with Gasteiger partial charge in [0.15, 0.2) is 0 Å². The molecular weight excluding hydrogens is 280 g/mol. The summed E-state index contributed by atoms with van der Waals surface area (Å²) in [4.78, 5) is 0. The Labute approximate surface area is 131 Å². The van der Waals surface area contributed by atoms with Gasteiger partial charge in [-0.15, -0.1) is 0 Å². The number of halogens is 1. The molecule has 21 heavy (non-hydrogen) atoms. The molecule has 110 valence electrons. The Balaban J connectivity index is 1.48. The summed E-state index contributed by atoms with van der Waals surface area (Å²) < 4.78 is 0. The fourth-order valence-electron chi connectivity index (χ4n) is 2.83. The molecule has 0 bridgehead atoms. The molecular formula is C18H21ClN2. The van der Waals surface area contributed by atoms with Crippen molar-refractivity contribution in [3.63, 3.8) is 0 Å². The summed E-state index contributed by atoms with van der Waals surface area (Å²) in [6.45, 7) is 4.11. The van der Waals surface area contributed by atoms with E-state index < -0.39 is 0 Å². The van der Waals surface area contributed by atoms with E-state index in [1.54, 1.807) is 0 Å². The summed E-state index contributed by atoms with van der Waals surface area (Å²) in [5.74, 6) is 0. The standard InChI is InChI=1S/C18H21ClN2/c1-13-10-16-11-14(4-7-18(16)21-13)8-9-20-12-15-2-5-17(19)6-3-15/h2-7,11,13,20-21H,8-10,12H2,1H3. The minimum Gasteiger partial charge on any atom is -0.382 e. The zero-order chi connectivity index (χ0) is 14.7. The van der Waals surface area contributed by atoms with Crippen molar-refractivity contribution in [1.29, 1.82) is 0 Å². The lowest BCUT2D eigenvalue weighted by molar-refractivity contribution is 0.686. The summed E-state index contributed by atoms with van der Waals surface area (Å²) in [5.41, 5.74) is 5.44. The number of anilines is 1. The van der Waals surface area contributed by atoms with Crippen molar-refractivity contribution in [2.24, 2.45) is 0 Å². The monoisotopic (exact) mass is 300 g/mol. The van der Waals surface area contributed by atoms with E-state index in [1.165, 1.54) is 22.4 Å². The van der Waals surface area contributed by atoms with Gasteiger partial charge in [-0.3, -0.25) is 0 Å². The van der Waals surface area contributed by atoms with E-state index in [0.717, 1.165) is 31.0 Å². The van der Waals surface area contributed by atoms with Gasteiger partial charge in [-0.05, 0) is 61.2 Å². The zero-order valence-corrected chi connectivity index (χ0v) is 13.1. The summed E-state index contributed by atoms with van der Waals surface area (Å²) in [7, 11) is 0. The highest BCUT2D eigenvalue weighted by Gasteiger charge is 2.16. The zero-order valence-electron chi connectivity index (χ0n) is 12.3. The van der Waals surface area contributed by atoms with Gasteiger partial charge in [-0.1, -0.05) is 35.9 Å². The second-order valence-corrected chi connectivity index (χ2v) is 6.23. The Morgan fingerprint density at radius 2 is 1.90 bits per heavy atom. The van der Waals surface area contributed by atoms with Crippen LogP contribution in [0.2, 0.25) is 5.02 Å². The lowest BCUT2D eigenvalue weighted by Crippen LogP contribution is -2.16. The first kappa shape index (κ1) is 14.4. The van der Waals surface area contributed by atoms with Crippen LogP contribution in [0.25, 0.3) is 0 Å². The normalized spacial score (nSPS) is 16.6. The molecule has 2 nitrogen and oxygen atoms in total. The summed E-state index contributed by atoms with van der Waals surface area (Å²) >= 11 is 5.88. The van der Waals surface area contributed by atoms with Crippen LogP contribution in [0.1, 0.15) is 23.6 Å². The van der Waals surface area contributed by atoms with E-state index in [0.29, 0.717) is 6.04 Å². The SMILES string of the molecule is CC1Cc2cc(CCNCc3ccc(Cl)cc3)ccc2N1. The lowest BCUT2D eigenvalue weighted by atomic mass is 10.0. The molecule has 1 aliphatic rings. The average Bonchev–Trinajstić information content (AvgIpc) is 2.85. The van der Waals surface area contributed by atoms with Crippen LogP contribution < -0.4 is 10.6 Å². The van der Waals surface area contributed by atoms with Crippen molar-refractivity contribution in [2.75, 3.05) is 11.9 Å². The summed E-state index contributed by atoms with van der Waals surface area (Å²) in [6.07, 6.45) is 2.20. The Kier molecular flexibility index (Phi) is 4.47. The van der Waals surface area contributed by atoms with Crippen molar-refractivity contribution in [3.05, 3.63) is 64.2 Å². The quantitative estimate of drug-likeness (QED) is 0.815. The van der Waals surface area contributed by atoms with Crippen molar-refractivity contribution in [3.8, 4) is 0 Å². The van der Waals surface area contributed by atoms with E-state index in [-0.39, 0.29) is 0 Å². The molecule has 0 saturated heterocycles. The van der Waals surface area contributed by atoms with Gasteiger partial charge in [0.05, 0.1) is 0 Å². The van der Waals surface area contributed by atoms with Gasteiger partial charge in [-0.25, -0.2) is 0 Å². The largest absolute Gasteiger partial charge is 0.382 e. The predicted octanol–water partition coefficient (Wildman–Crippen LogP) is 4.03. The lowest BCUT2D eigenvalue weighted by Gasteiger charge is -2.07. The van der Waals surface area contributed by atoms with Crippen LogP contribution in [0.5, 0.6) is 0 Å². The molecule has 2 aromatic carbocycles. The van der Waals surface area contributed by atoms with Crippen LogP contribution in [0.4, 0.5) is 5.69 Å². The van der Waals surface area contributed by atoms with E-state index in [9.17, 15) is 0 Å².